The maximum absolute atomic E-state index is 12.3. The zero-order chi connectivity index (χ0) is 20.1. The number of para-hydroxylation sites is 1. The van der Waals surface area contributed by atoms with Gasteiger partial charge in [0.15, 0.2) is 12.4 Å². The van der Waals surface area contributed by atoms with E-state index in [1.165, 1.54) is 0 Å². The molecule has 0 N–H and O–H groups in total. The fourth-order valence-corrected chi connectivity index (χ4v) is 3.19. The molecule has 0 radical (unpaired) electrons. The van der Waals surface area contributed by atoms with Gasteiger partial charge in [-0.2, -0.15) is 0 Å². The number of esters is 1. The summed E-state index contributed by atoms with van der Waals surface area (Å²) in [5, 5.41) is 0. The van der Waals surface area contributed by atoms with E-state index in [2.05, 4.69) is 0 Å². The third-order valence-electron chi connectivity index (χ3n) is 4.71. The van der Waals surface area contributed by atoms with Crippen molar-refractivity contribution in [2.24, 2.45) is 0 Å². The molecule has 0 unspecified atom stereocenters. The van der Waals surface area contributed by atoms with Crippen molar-refractivity contribution < 1.29 is 23.9 Å². The van der Waals surface area contributed by atoms with Gasteiger partial charge >= 0.3 is 5.97 Å². The quantitative estimate of drug-likeness (QED) is 0.519. The minimum atomic E-state index is -0.435. The van der Waals surface area contributed by atoms with Crippen LogP contribution in [-0.4, -0.2) is 37.9 Å². The second kappa shape index (κ2) is 8.69. The molecular formula is C22H23NO5. The van der Waals surface area contributed by atoms with E-state index >= 15 is 0 Å². The Morgan fingerprint density at radius 2 is 1.93 bits per heavy atom. The van der Waals surface area contributed by atoms with Gasteiger partial charge in [-0.05, 0) is 48.7 Å². The monoisotopic (exact) mass is 381 g/mol. The summed E-state index contributed by atoms with van der Waals surface area (Å²) in [6.07, 6.45) is 0.934. The molecule has 3 rings (SSSR count). The summed E-state index contributed by atoms with van der Waals surface area (Å²) >= 11 is 0. The van der Waals surface area contributed by atoms with Crippen molar-refractivity contribution in [3.05, 3.63) is 59.2 Å². The molecule has 0 aromatic heterocycles. The summed E-state index contributed by atoms with van der Waals surface area (Å²) in [4.78, 5) is 37.7. The molecule has 0 saturated heterocycles. The van der Waals surface area contributed by atoms with E-state index in [0.717, 1.165) is 22.6 Å². The first-order valence-electron chi connectivity index (χ1n) is 9.28. The maximum atomic E-state index is 12.3. The van der Waals surface area contributed by atoms with Crippen LogP contribution in [-0.2, 0) is 27.2 Å². The first-order chi connectivity index (χ1) is 13.5. The van der Waals surface area contributed by atoms with Gasteiger partial charge in [0.1, 0.15) is 5.75 Å². The highest BCUT2D eigenvalue weighted by Gasteiger charge is 2.25. The van der Waals surface area contributed by atoms with Gasteiger partial charge in [0.25, 0.3) is 0 Å². The molecule has 0 atom stereocenters. The van der Waals surface area contributed by atoms with E-state index in [0.29, 0.717) is 18.6 Å². The number of benzene rings is 2. The summed E-state index contributed by atoms with van der Waals surface area (Å²) in [6.45, 7) is 2.15. The van der Waals surface area contributed by atoms with Crippen molar-refractivity contribution >= 4 is 23.3 Å². The average Bonchev–Trinajstić information content (AvgIpc) is 2.99. The summed E-state index contributed by atoms with van der Waals surface area (Å²) in [5.41, 5.74) is 3.00. The van der Waals surface area contributed by atoms with Crippen molar-refractivity contribution in [1.82, 2.24) is 0 Å². The number of anilines is 1. The zero-order valence-corrected chi connectivity index (χ0v) is 16.1. The van der Waals surface area contributed by atoms with Crippen molar-refractivity contribution in [3.8, 4) is 5.75 Å². The minimum Gasteiger partial charge on any atom is -0.494 e. The van der Waals surface area contributed by atoms with E-state index in [4.69, 9.17) is 9.47 Å². The Balaban J connectivity index is 1.52. The lowest BCUT2D eigenvalue weighted by atomic mass is 10.1. The van der Waals surface area contributed by atoms with Crippen molar-refractivity contribution in [2.75, 3.05) is 25.2 Å². The first kappa shape index (κ1) is 19.6. The normalized spacial score (nSPS) is 12.6. The highest BCUT2D eigenvalue weighted by atomic mass is 16.5. The number of aryl methyl sites for hydroxylation is 1. The van der Waals surface area contributed by atoms with E-state index in [9.17, 15) is 14.4 Å². The zero-order valence-electron chi connectivity index (χ0n) is 16.1. The molecule has 1 heterocycles. The number of carbonyl (C=O) groups excluding carboxylic acids is 3. The molecule has 0 saturated carbocycles. The number of ketones is 1. The SMILES string of the molecule is CCOc1ccccc1CCC(=O)OCC(=O)c1ccc2c(c1)CC(=O)N2C. The lowest BCUT2D eigenvalue weighted by Crippen LogP contribution is -2.20. The second-order valence-electron chi connectivity index (χ2n) is 6.60. The maximum Gasteiger partial charge on any atom is 0.306 e. The predicted octanol–water partition coefficient (Wildman–Crippen LogP) is 2.96. The molecule has 1 aliphatic heterocycles. The Morgan fingerprint density at radius 1 is 1.14 bits per heavy atom. The summed E-state index contributed by atoms with van der Waals surface area (Å²) in [7, 11) is 1.71. The van der Waals surface area contributed by atoms with Gasteiger partial charge in [-0.3, -0.25) is 14.4 Å². The minimum absolute atomic E-state index is 0.00152. The number of carbonyl (C=O) groups is 3. The number of hydrogen-bond acceptors (Lipinski definition) is 5. The van der Waals surface area contributed by atoms with Gasteiger partial charge in [0.05, 0.1) is 13.0 Å². The van der Waals surface area contributed by atoms with Gasteiger partial charge in [0.2, 0.25) is 5.91 Å². The van der Waals surface area contributed by atoms with Crippen molar-refractivity contribution in [2.45, 2.75) is 26.2 Å². The van der Waals surface area contributed by atoms with Crippen LogP contribution in [0.3, 0.4) is 0 Å². The number of likely N-dealkylation sites (N-methyl/N-ethyl adjacent to an activating group) is 1. The van der Waals surface area contributed by atoms with E-state index < -0.39 is 5.97 Å². The highest BCUT2D eigenvalue weighted by Crippen LogP contribution is 2.28. The molecule has 2 aromatic carbocycles. The number of fused-ring (bicyclic) bond motifs is 1. The number of hydrogen-bond donors (Lipinski definition) is 0. The molecule has 1 aliphatic rings. The van der Waals surface area contributed by atoms with Gasteiger partial charge in [-0.1, -0.05) is 18.2 Å². The molecule has 146 valence electrons. The lowest BCUT2D eigenvalue weighted by Gasteiger charge is -2.11. The highest BCUT2D eigenvalue weighted by molar-refractivity contribution is 6.03. The van der Waals surface area contributed by atoms with E-state index in [1.807, 2.05) is 31.2 Å². The molecule has 6 heteroatoms. The number of ether oxygens (including phenoxy) is 2. The Bertz CT molecular complexity index is 906. The lowest BCUT2D eigenvalue weighted by molar-refractivity contribution is -0.142. The predicted molar refractivity (Wildman–Crippen MR) is 105 cm³/mol. The largest absolute Gasteiger partial charge is 0.494 e. The van der Waals surface area contributed by atoms with Gasteiger partial charge < -0.3 is 14.4 Å². The van der Waals surface area contributed by atoms with Crippen LogP contribution < -0.4 is 9.64 Å². The average molecular weight is 381 g/mol. The summed E-state index contributed by atoms with van der Waals surface area (Å²) < 4.78 is 10.7. The molecular weight excluding hydrogens is 358 g/mol. The Morgan fingerprint density at radius 3 is 2.71 bits per heavy atom. The fourth-order valence-electron chi connectivity index (χ4n) is 3.19. The number of amides is 1. The molecule has 2 aromatic rings. The number of Topliss-reactive ketones (excluding diaryl/α,β-unsaturated/α-hetero) is 1. The smallest absolute Gasteiger partial charge is 0.306 e. The Labute approximate surface area is 164 Å². The number of nitrogens with zero attached hydrogens (tertiary/aromatic N) is 1. The molecule has 1 amide bonds. The molecule has 0 bridgehead atoms. The molecule has 0 aliphatic carbocycles. The van der Waals surface area contributed by atoms with Crippen LogP contribution in [0.25, 0.3) is 0 Å². The molecule has 6 nitrogen and oxygen atoms in total. The fraction of sp³-hybridized carbons (Fsp3) is 0.318. The van der Waals surface area contributed by atoms with E-state index in [1.54, 1.807) is 30.1 Å². The van der Waals surface area contributed by atoms with Crippen LogP contribution in [0.15, 0.2) is 42.5 Å². The second-order valence-corrected chi connectivity index (χ2v) is 6.60. The van der Waals surface area contributed by atoms with Crippen LogP contribution in [0.4, 0.5) is 5.69 Å². The Hall–Kier alpha value is -3.15. The topological polar surface area (TPSA) is 72.9 Å². The van der Waals surface area contributed by atoms with Crippen LogP contribution >= 0.6 is 0 Å². The molecule has 28 heavy (non-hydrogen) atoms. The van der Waals surface area contributed by atoms with Gasteiger partial charge in [-0.15, -0.1) is 0 Å². The van der Waals surface area contributed by atoms with E-state index in [-0.39, 0.29) is 31.1 Å². The Kier molecular flexibility index (Phi) is 6.09. The van der Waals surface area contributed by atoms with Crippen LogP contribution in [0.2, 0.25) is 0 Å². The molecule has 0 spiro atoms. The van der Waals surface area contributed by atoms with Crippen molar-refractivity contribution in [1.29, 1.82) is 0 Å². The number of rotatable bonds is 8. The third kappa shape index (κ3) is 4.39. The van der Waals surface area contributed by atoms with Gasteiger partial charge in [0, 0.05) is 24.7 Å². The van der Waals surface area contributed by atoms with Gasteiger partial charge in [-0.25, -0.2) is 0 Å². The summed E-state index contributed by atoms with van der Waals surface area (Å²) in [5.74, 6) is 0.0356. The standard InChI is InChI=1S/C22H23NO5/c1-3-27-20-7-5-4-6-15(20)9-11-22(26)28-14-19(24)16-8-10-18-17(12-16)13-21(25)23(18)2/h4-8,10,12H,3,9,11,13-14H2,1-2H3. The van der Waals surface area contributed by atoms with Crippen LogP contribution in [0, 0.1) is 0 Å². The van der Waals surface area contributed by atoms with Crippen LogP contribution in [0.1, 0.15) is 34.8 Å². The van der Waals surface area contributed by atoms with Crippen molar-refractivity contribution in [3.63, 3.8) is 0 Å². The molecule has 0 fully saturated rings. The summed E-state index contributed by atoms with van der Waals surface area (Å²) in [6, 6.07) is 12.7. The third-order valence-corrected chi connectivity index (χ3v) is 4.71. The first-order valence-corrected chi connectivity index (χ1v) is 9.28. The van der Waals surface area contributed by atoms with Crippen LogP contribution in [0.5, 0.6) is 5.75 Å².